The second kappa shape index (κ2) is 10.4. The molecule has 0 spiro atoms. The van der Waals surface area contributed by atoms with Gasteiger partial charge < -0.3 is 19.1 Å². The number of para-hydroxylation sites is 2. The average Bonchev–Trinajstić information content (AvgIpc) is 3.64. The summed E-state index contributed by atoms with van der Waals surface area (Å²) >= 11 is 1.48. The highest BCUT2D eigenvalue weighted by Crippen LogP contribution is 2.70. The molecule has 234 valence electrons. The summed E-state index contributed by atoms with van der Waals surface area (Å²) in [5.74, 6) is 1.06. The Balaban J connectivity index is 1.14. The van der Waals surface area contributed by atoms with E-state index in [9.17, 15) is 14.7 Å². The number of rotatable bonds is 5. The molecule has 4 saturated carbocycles. The van der Waals surface area contributed by atoms with Gasteiger partial charge in [-0.05, 0) is 74.6 Å². The number of carbonyl (C=O) groups is 2. The third-order valence-electron chi connectivity index (χ3n) is 12.8. The van der Waals surface area contributed by atoms with Crippen molar-refractivity contribution in [3.05, 3.63) is 48.1 Å². The molecular formula is C36H44N2O5S. The maximum absolute atomic E-state index is 14.8. The lowest BCUT2D eigenvalue weighted by molar-refractivity contribution is -0.207. The van der Waals surface area contributed by atoms with Gasteiger partial charge in [-0.15, -0.1) is 0 Å². The van der Waals surface area contributed by atoms with E-state index in [0.29, 0.717) is 12.3 Å². The van der Waals surface area contributed by atoms with Crippen molar-refractivity contribution >= 4 is 34.4 Å². The topological polar surface area (TPSA) is 90.7 Å². The van der Waals surface area contributed by atoms with Crippen LogP contribution in [0, 0.1) is 34.5 Å². The number of Topliss-reactive ketones (excluding diaryl/α,β-unsaturated/α-hetero) is 1. The zero-order chi connectivity index (χ0) is 30.4. The van der Waals surface area contributed by atoms with Gasteiger partial charge in [0.2, 0.25) is 0 Å². The summed E-state index contributed by atoms with van der Waals surface area (Å²) in [5.41, 5.74) is 1.10. The third-order valence-corrected chi connectivity index (χ3v) is 13.8. The van der Waals surface area contributed by atoms with Crippen molar-refractivity contribution in [1.82, 2.24) is 9.55 Å². The van der Waals surface area contributed by atoms with Crippen LogP contribution in [0.3, 0.4) is 0 Å². The second-order valence-corrected chi connectivity index (χ2v) is 15.8. The number of aryl methyl sites for hydroxylation is 1. The number of carbonyl (C=O) groups excluding carboxylic acids is 2. The van der Waals surface area contributed by atoms with Crippen molar-refractivity contribution < 1.29 is 24.2 Å². The molecule has 5 aliphatic carbocycles. The van der Waals surface area contributed by atoms with E-state index < -0.39 is 17.1 Å². The van der Waals surface area contributed by atoms with Crippen LogP contribution in [0.15, 0.2) is 53.2 Å². The molecule has 8 heteroatoms. The number of hydrogen-bond donors (Lipinski definition) is 1. The van der Waals surface area contributed by atoms with E-state index in [1.54, 1.807) is 12.2 Å². The predicted octanol–water partition coefficient (Wildman–Crippen LogP) is 6.18. The monoisotopic (exact) mass is 616 g/mol. The number of aliphatic hydroxyl groups is 1. The van der Waals surface area contributed by atoms with Crippen LogP contribution in [0.5, 0.6) is 0 Å². The van der Waals surface area contributed by atoms with Crippen molar-refractivity contribution in [1.29, 1.82) is 0 Å². The Morgan fingerprint density at radius 2 is 1.95 bits per heavy atom. The number of benzene rings is 1. The number of aliphatic hydroxyl groups excluding tert-OH is 1. The fourth-order valence-corrected chi connectivity index (χ4v) is 11.6. The smallest absolute Gasteiger partial charge is 0.178 e. The molecule has 0 amide bonds. The van der Waals surface area contributed by atoms with Gasteiger partial charge in [0.1, 0.15) is 0 Å². The molecule has 5 unspecified atom stereocenters. The van der Waals surface area contributed by atoms with Crippen molar-refractivity contribution in [2.24, 2.45) is 41.5 Å². The molecule has 1 aliphatic heterocycles. The molecule has 1 saturated heterocycles. The van der Waals surface area contributed by atoms with Gasteiger partial charge in [0.05, 0.1) is 29.0 Å². The van der Waals surface area contributed by atoms with Gasteiger partial charge in [0.25, 0.3) is 0 Å². The van der Waals surface area contributed by atoms with Crippen LogP contribution in [-0.4, -0.2) is 56.1 Å². The molecule has 5 fully saturated rings. The molecule has 1 aromatic carbocycles. The number of imidazole rings is 1. The number of hydrogen-bond acceptors (Lipinski definition) is 7. The van der Waals surface area contributed by atoms with Gasteiger partial charge in [-0.3, -0.25) is 9.59 Å². The van der Waals surface area contributed by atoms with E-state index in [1.807, 2.05) is 31.3 Å². The van der Waals surface area contributed by atoms with Crippen LogP contribution < -0.4 is 0 Å². The quantitative estimate of drug-likeness (QED) is 0.401. The predicted molar refractivity (Wildman–Crippen MR) is 169 cm³/mol. The Kier molecular flexibility index (Phi) is 6.88. The Labute approximate surface area is 263 Å². The number of ketones is 2. The van der Waals surface area contributed by atoms with Crippen LogP contribution in [0.2, 0.25) is 0 Å². The molecule has 2 heterocycles. The first-order chi connectivity index (χ1) is 21.2. The molecule has 9 atom stereocenters. The lowest BCUT2D eigenvalue weighted by Gasteiger charge is -2.59. The lowest BCUT2D eigenvalue weighted by Crippen LogP contribution is -2.63. The number of thioether (sulfide) groups is 1. The minimum absolute atomic E-state index is 0.000539. The maximum atomic E-state index is 14.8. The van der Waals surface area contributed by atoms with Crippen LogP contribution in [-0.2, 0) is 26.1 Å². The van der Waals surface area contributed by atoms with Gasteiger partial charge in [-0.1, -0.05) is 68.7 Å². The van der Waals surface area contributed by atoms with Crippen LogP contribution in [0.1, 0.15) is 71.6 Å². The molecule has 44 heavy (non-hydrogen) atoms. The highest BCUT2D eigenvalue weighted by Gasteiger charge is 2.76. The van der Waals surface area contributed by atoms with Crippen LogP contribution in [0.25, 0.3) is 11.0 Å². The van der Waals surface area contributed by atoms with E-state index in [1.165, 1.54) is 31.0 Å². The second-order valence-electron chi connectivity index (χ2n) is 14.8. The molecular weight excluding hydrogens is 572 g/mol. The number of allylic oxidation sites excluding steroid dienone is 4. The van der Waals surface area contributed by atoms with Gasteiger partial charge in [-0.2, -0.15) is 0 Å². The number of nitrogens with zero attached hydrogens (tertiary/aromatic N) is 2. The van der Waals surface area contributed by atoms with Crippen molar-refractivity contribution in [3.8, 4) is 0 Å². The van der Waals surface area contributed by atoms with Gasteiger partial charge in [-0.25, -0.2) is 4.98 Å². The van der Waals surface area contributed by atoms with E-state index in [2.05, 4.69) is 24.5 Å². The molecule has 0 bridgehead atoms. The molecule has 8 rings (SSSR count). The highest BCUT2D eigenvalue weighted by atomic mass is 32.2. The van der Waals surface area contributed by atoms with E-state index >= 15 is 0 Å². The summed E-state index contributed by atoms with van der Waals surface area (Å²) in [6, 6.07) is 8.05. The van der Waals surface area contributed by atoms with E-state index in [0.717, 1.165) is 53.9 Å². The number of fused-ring (bicyclic) bond motifs is 8. The summed E-state index contributed by atoms with van der Waals surface area (Å²) in [4.78, 5) is 31.9. The first kappa shape index (κ1) is 29.2. The lowest BCUT2D eigenvalue weighted by atomic mass is 9.46. The average molecular weight is 617 g/mol. The van der Waals surface area contributed by atoms with Crippen molar-refractivity contribution in [2.45, 2.75) is 101 Å². The van der Waals surface area contributed by atoms with Gasteiger partial charge in [0, 0.05) is 29.7 Å². The minimum Gasteiger partial charge on any atom is -0.393 e. The van der Waals surface area contributed by atoms with Crippen LogP contribution >= 0.6 is 11.8 Å². The molecule has 6 aliphatic rings. The minimum atomic E-state index is -1.10. The first-order valence-electron chi connectivity index (χ1n) is 16.7. The molecule has 2 aromatic rings. The Morgan fingerprint density at radius 1 is 1.16 bits per heavy atom. The van der Waals surface area contributed by atoms with Crippen molar-refractivity contribution in [3.63, 3.8) is 0 Å². The van der Waals surface area contributed by atoms with E-state index in [-0.39, 0.29) is 52.9 Å². The standard InChI is InChI=1S/C36H44N2O5S/c1-34-16-15-23(39)17-22(34)13-14-24-25-18-30-36(35(25,2)19-28(40)31(24)34,43-32(42-30)21-9-5-4-6-10-21)29(41)20-44-33-37-26-11-7-8-12-27(26)38(33)3/h7-8,11-12,15-17,21,24-25,28,30-32,40H,4-6,9-10,13-14,18-20H2,1-3H3/t24?,25?,28-,30+,31?,32+,34?,35?,36+/m0/s1. The Hall–Kier alpha value is -2.26. The first-order valence-corrected chi connectivity index (χ1v) is 17.7. The Morgan fingerprint density at radius 3 is 2.75 bits per heavy atom. The SMILES string of the molecule is Cn1c(SCC(=O)[C@@]23O[C@H](C4CCCCC4)O[C@@H]2CC2C4CCC5=CC(=O)C=CC5(C)C4[C@@H](O)CC23C)nc2ccccc21. The highest BCUT2D eigenvalue weighted by molar-refractivity contribution is 7.99. The summed E-state index contributed by atoms with van der Waals surface area (Å²) in [5, 5.41) is 12.9. The number of aromatic nitrogens is 2. The van der Waals surface area contributed by atoms with Gasteiger partial charge >= 0.3 is 0 Å². The molecule has 0 radical (unpaired) electrons. The maximum Gasteiger partial charge on any atom is 0.178 e. The molecule has 1 aromatic heterocycles. The molecule has 1 N–H and O–H groups in total. The van der Waals surface area contributed by atoms with E-state index in [4.69, 9.17) is 14.5 Å². The largest absolute Gasteiger partial charge is 0.393 e. The summed E-state index contributed by atoms with van der Waals surface area (Å²) in [6.45, 7) is 4.41. The third kappa shape index (κ3) is 4.02. The fraction of sp³-hybridized carbons (Fsp3) is 0.639. The zero-order valence-corrected chi connectivity index (χ0v) is 26.9. The summed E-state index contributed by atoms with van der Waals surface area (Å²) < 4.78 is 16.0. The van der Waals surface area contributed by atoms with Crippen molar-refractivity contribution in [2.75, 3.05) is 5.75 Å². The zero-order valence-electron chi connectivity index (χ0n) is 26.0. The number of ether oxygens (including phenoxy) is 2. The van der Waals surface area contributed by atoms with Gasteiger partial charge in [0.15, 0.2) is 28.6 Å². The molecule has 7 nitrogen and oxygen atoms in total. The fourth-order valence-electron chi connectivity index (χ4n) is 10.7. The van der Waals surface area contributed by atoms with Crippen LogP contribution in [0.4, 0.5) is 0 Å². The summed E-state index contributed by atoms with van der Waals surface area (Å²) in [6.07, 6.45) is 13.0. The summed E-state index contributed by atoms with van der Waals surface area (Å²) in [7, 11) is 2.00. The Bertz CT molecular complexity index is 1580. The normalized spacial score (nSPS) is 41.6.